The molecule has 1 amide bonds. The standard InChI is InChI=1S/C18H26N2O12/c1-7(21)28-6-12-14(29-8(2)22)15(30-9(3)23)16(31-10(4)24)17(32-12)20-13(25)5-11(19)18(26)27/h11-12,14-17H,5-6,19H2,1-4H3,(H,20,25)(H,26,27)/t11-,12+,14+,15-,16+,17+/m0/s1. The molecule has 1 rings (SSSR count). The number of ether oxygens (including phenoxy) is 5. The molecule has 1 saturated heterocycles. The maximum absolute atomic E-state index is 12.3. The Kier molecular flexibility index (Phi) is 10.00. The van der Waals surface area contributed by atoms with Gasteiger partial charge in [-0.15, -0.1) is 0 Å². The first-order valence-electron chi connectivity index (χ1n) is 9.40. The molecule has 1 aliphatic rings. The topological polar surface area (TPSA) is 207 Å². The van der Waals surface area contributed by atoms with Crippen LogP contribution in [-0.2, 0) is 52.5 Å². The SMILES string of the molecule is CC(=O)OC[C@H]1O[C@@H](NC(=O)C[C@H](N)C(=O)O)[C@H](OC(C)=O)[C@@H](OC(C)=O)[C@@H]1OC(C)=O. The monoisotopic (exact) mass is 462 g/mol. The summed E-state index contributed by atoms with van der Waals surface area (Å²) in [6, 6.07) is -1.53. The van der Waals surface area contributed by atoms with Crippen molar-refractivity contribution in [2.45, 2.75) is 70.8 Å². The maximum Gasteiger partial charge on any atom is 0.321 e. The molecule has 180 valence electrons. The van der Waals surface area contributed by atoms with E-state index in [4.69, 9.17) is 34.5 Å². The van der Waals surface area contributed by atoms with E-state index in [9.17, 15) is 28.8 Å². The molecule has 0 radical (unpaired) electrons. The van der Waals surface area contributed by atoms with Crippen LogP contribution in [0.2, 0.25) is 0 Å². The fourth-order valence-corrected chi connectivity index (χ4v) is 2.85. The van der Waals surface area contributed by atoms with E-state index in [1.165, 1.54) is 0 Å². The second-order valence-corrected chi connectivity index (χ2v) is 6.84. The van der Waals surface area contributed by atoms with Gasteiger partial charge in [0.15, 0.2) is 24.5 Å². The molecule has 0 unspecified atom stereocenters. The van der Waals surface area contributed by atoms with E-state index < -0.39 is 85.5 Å². The van der Waals surface area contributed by atoms with Crippen molar-refractivity contribution in [1.29, 1.82) is 0 Å². The van der Waals surface area contributed by atoms with Gasteiger partial charge in [0, 0.05) is 27.7 Å². The maximum atomic E-state index is 12.3. The lowest BCUT2D eigenvalue weighted by Crippen LogP contribution is -2.66. The van der Waals surface area contributed by atoms with E-state index in [1.54, 1.807) is 0 Å². The van der Waals surface area contributed by atoms with E-state index in [-0.39, 0.29) is 0 Å². The first-order valence-corrected chi connectivity index (χ1v) is 9.40. The van der Waals surface area contributed by atoms with Gasteiger partial charge in [-0.05, 0) is 0 Å². The van der Waals surface area contributed by atoms with Crippen LogP contribution in [-0.4, -0.2) is 84.2 Å². The summed E-state index contributed by atoms with van der Waals surface area (Å²) in [6.45, 7) is 3.79. The van der Waals surface area contributed by atoms with E-state index in [0.29, 0.717) is 0 Å². The zero-order valence-electron chi connectivity index (χ0n) is 17.9. The van der Waals surface area contributed by atoms with Crippen molar-refractivity contribution >= 4 is 35.8 Å². The minimum atomic E-state index is -1.53. The van der Waals surface area contributed by atoms with Crippen LogP contribution in [0.1, 0.15) is 34.1 Å². The molecule has 0 aromatic rings. The lowest BCUT2D eigenvalue weighted by Gasteiger charge is -2.44. The lowest BCUT2D eigenvalue weighted by atomic mass is 9.97. The zero-order valence-corrected chi connectivity index (χ0v) is 17.9. The van der Waals surface area contributed by atoms with Crippen LogP contribution in [0.25, 0.3) is 0 Å². The number of rotatable bonds is 9. The first kappa shape index (κ1) is 26.8. The molecule has 0 bridgehead atoms. The van der Waals surface area contributed by atoms with Crippen LogP contribution in [0.4, 0.5) is 0 Å². The summed E-state index contributed by atoms with van der Waals surface area (Å²) >= 11 is 0. The average molecular weight is 462 g/mol. The van der Waals surface area contributed by atoms with Crippen molar-refractivity contribution in [2.24, 2.45) is 5.73 Å². The molecular formula is C18H26N2O12. The Hall–Kier alpha value is -3.26. The Morgan fingerprint density at radius 1 is 0.875 bits per heavy atom. The highest BCUT2D eigenvalue weighted by molar-refractivity contribution is 5.84. The first-order chi connectivity index (χ1) is 14.8. The van der Waals surface area contributed by atoms with Crippen molar-refractivity contribution in [3.8, 4) is 0 Å². The van der Waals surface area contributed by atoms with Gasteiger partial charge in [0.25, 0.3) is 0 Å². The number of nitrogens with one attached hydrogen (secondary N) is 1. The van der Waals surface area contributed by atoms with Gasteiger partial charge >= 0.3 is 29.8 Å². The molecular weight excluding hydrogens is 436 g/mol. The highest BCUT2D eigenvalue weighted by Gasteiger charge is 2.52. The molecule has 0 saturated carbocycles. The van der Waals surface area contributed by atoms with E-state index >= 15 is 0 Å². The summed E-state index contributed by atoms with van der Waals surface area (Å²) in [4.78, 5) is 69.4. The third-order valence-electron chi connectivity index (χ3n) is 4.02. The van der Waals surface area contributed by atoms with Crippen molar-refractivity contribution in [1.82, 2.24) is 5.32 Å². The predicted octanol–water partition coefficient (Wildman–Crippen LogP) is -2.01. The number of carboxylic acids is 1. The van der Waals surface area contributed by atoms with Crippen molar-refractivity contribution in [3.63, 3.8) is 0 Å². The van der Waals surface area contributed by atoms with Crippen LogP contribution in [0.5, 0.6) is 0 Å². The number of carbonyl (C=O) groups is 6. The second-order valence-electron chi connectivity index (χ2n) is 6.84. The molecule has 0 aliphatic carbocycles. The fraction of sp³-hybridized carbons (Fsp3) is 0.667. The van der Waals surface area contributed by atoms with Gasteiger partial charge in [-0.1, -0.05) is 0 Å². The molecule has 14 heteroatoms. The smallest absolute Gasteiger partial charge is 0.321 e. The van der Waals surface area contributed by atoms with Crippen LogP contribution in [0, 0.1) is 0 Å². The van der Waals surface area contributed by atoms with Gasteiger partial charge in [0.05, 0.1) is 6.42 Å². The number of carboxylic acid groups (broad SMARTS) is 1. The third kappa shape index (κ3) is 8.47. The Labute approximate surface area is 182 Å². The number of hydrogen-bond donors (Lipinski definition) is 3. The minimum Gasteiger partial charge on any atom is -0.480 e. The number of nitrogens with two attached hydrogens (primary N) is 1. The van der Waals surface area contributed by atoms with Crippen LogP contribution in [0.15, 0.2) is 0 Å². The Morgan fingerprint density at radius 2 is 1.38 bits per heavy atom. The van der Waals surface area contributed by atoms with Gasteiger partial charge in [-0.3, -0.25) is 28.8 Å². The molecule has 32 heavy (non-hydrogen) atoms. The van der Waals surface area contributed by atoms with Gasteiger partial charge in [-0.25, -0.2) is 0 Å². The normalized spacial score (nSPS) is 25.6. The van der Waals surface area contributed by atoms with E-state index in [2.05, 4.69) is 5.32 Å². The summed E-state index contributed by atoms with van der Waals surface area (Å²) in [5.74, 6) is -5.51. The number of esters is 4. The third-order valence-corrected chi connectivity index (χ3v) is 4.02. The van der Waals surface area contributed by atoms with Gasteiger partial charge < -0.3 is 39.8 Å². The van der Waals surface area contributed by atoms with E-state index in [1.807, 2.05) is 0 Å². The second kappa shape index (κ2) is 12.0. The summed E-state index contributed by atoms with van der Waals surface area (Å²) < 4.78 is 26.1. The molecule has 1 heterocycles. The summed E-state index contributed by atoms with van der Waals surface area (Å²) in [5.41, 5.74) is 5.35. The number of carbonyl (C=O) groups excluding carboxylic acids is 5. The molecule has 14 nitrogen and oxygen atoms in total. The lowest BCUT2D eigenvalue weighted by molar-refractivity contribution is -0.257. The quantitative estimate of drug-likeness (QED) is 0.250. The van der Waals surface area contributed by atoms with Crippen LogP contribution in [0.3, 0.4) is 0 Å². The van der Waals surface area contributed by atoms with Crippen molar-refractivity contribution < 1.29 is 57.6 Å². The largest absolute Gasteiger partial charge is 0.480 e. The molecule has 4 N–H and O–H groups in total. The van der Waals surface area contributed by atoms with Gasteiger partial charge in [-0.2, -0.15) is 0 Å². The summed E-state index contributed by atoms with van der Waals surface area (Å²) in [7, 11) is 0. The number of aliphatic carboxylic acids is 1. The van der Waals surface area contributed by atoms with Crippen LogP contribution >= 0.6 is 0 Å². The highest BCUT2D eigenvalue weighted by Crippen LogP contribution is 2.28. The van der Waals surface area contributed by atoms with Crippen molar-refractivity contribution in [3.05, 3.63) is 0 Å². The predicted molar refractivity (Wildman–Crippen MR) is 100 cm³/mol. The molecule has 0 spiro atoms. The zero-order chi connectivity index (χ0) is 24.6. The Balaban J connectivity index is 3.30. The average Bonchev–Trinajstić information content (AvgIpc) is 2.63. The molecule has 1 fully saturated rings. The minimum absolute atomic E-state index is 0.473. The summed E-state index contributed by atoms with van der Waals surface area (Å²) in [6.07, 6.45) is -7.74. The number of hydrogen-bond acceptors (Lipinski definition) is 12. The van der Waals surface area contributed by atoms with Crippen molar-refractivity contribution in [2.75, 3.05) is 6.61 Å². The van der Waals surface area contributed by atoms with E-state index in [0.717, 1.165) is 27.7 Å². The highest BCUT2D eigenvalue weighted by atomic mass is 16.7. The Morgan fingerprint density at radius 3 is 1.84 bits per heavy atom. The molecule has 6 atom stereocenters. The Bertz CT molecular complexity index is 754. The molecule has 1 aliphatic heterocycles. The van der Waals surface area contributed by atoms with Gasteiger partial charge in [0.2, 0.25) is 5.91 Å². The van der Waals surface area contributed by atoms with Crippen LogP contribution < -0.4 is 11.1 Å². The molecule has 0 aromatic heterocycles. The summed E-state index contributed by atoms with van der Waals surface area (Å²) in [5, 5.41) is 11.2. The number of amides is 1. The van der Waals surface area contributed by atoms with Gasteiger partial charge in [0.1, 0.15) is 18.8 Å². The fourth-order valence-electron chi connectivity index (χ4n) is 2.85. The molecule has 0 aromatic carbocycles.